The van der Waals surface area contributed by atoms with Crippen molar-refractivity contribution in [2.75, 3.05) is 0 Å². The molecule has 104 valence electrons. The molecule has 20 heavy (non-hydrogen) atoms. The molecular weight excluding hydrogens is 240 g/mol. The summed E-state index contributed by atoms with van der Waals surface area (Å²) in [5, 5.41) is 0. The second-order valence-electron chi connectivity index (χ2n) is 6.67. The first-order chi connectivity index (χ1) is 9.44. The molecule has 0 radical (unpaired) electrons. The second kappa shape index (κ2) is 6.09. The van der Waals surface area contributed by atoms with Gasteiger partial charge in [-0.1, -0.05) is 81.4 Å². The highest BCUT2D eigenvalue weighted by Gasteiger charge is 2.10. The van der Waals surface area contributed by atoms with E-state index in [9.17, 15) is 0 Å². The van der Waals surface area contributed by atoms with Crippen molar-refractivity contribution in [3.63, 3.8) is 0 Å². The van der Waals surface area contributed by atoms with Crippen LogP contribution < -0.4 is 0 Å². The van der Waals surface area contributed by atoms with E-state index < -0.39 is 0 Å². The van der Waals surface area contributed by atoms with Crippen LogP contribution in [-0.2, 0) is 6.42 Å². The van der Waals surface area contributed by atoms with E-state index in [1.165, 1.54) is 22.3 Å². The fourth-order valence-electron chi connectivity index (χ4n) is 2.38. The number of benzene rings is 2. The van der Waals surface area contributed by atoms with E-state index in [1.54, 1.807) is 0 Å². The Morgan fingerprint density at radius 1 is 0.900 bits per heavy atom. The van der Waals surface area contributed by atoms with Gasteiger partial charge in [0.05, 0.1) is 0 Å². The maximum atomic E-state index is 2.28. The molecule has 0 N–H and O–H groups in total. The van der Waals surface area contributed by atoms with Crippen molar-refractivity contribution in [1.82, 2.24) is 0 Å². The van der Waals surface area contributed by atoms with Crippen LogP contribution in [0.1, 0.15) is 44.4 Å². The van der Waals surface area contributed by atoms with Crippen LogP contribution in [0.15, 0.2) is 54.6 Å². The zero-order valence-electron chi connectivity index (χ0n) is 13.0. The maximum absolute atomic E-state index is 2.28. The molecule has 0 atom stereocenters. The molecule has 0 spiro atoms. The van der Waals surface area contributed by atoms with E-state index in [0.717, 1.165) is 6.42 Å². The topological polar surface area (TPSA) is 0 Å². The van der Waals surface area contributed by atoms with E-state index in [4.69, 9.17) is 0 Å². The molecular formula is C20H24. The van der Waals surface area contributed by atoms with Crippen molar-refractivity contribution < 1.29 is 0 Å². The Hall–Kier alpha value is -1.82. The van der Waals surface area contributed by atoms with Gasteiger partial charge in [0.2, 0.25) is 0 Å². The average molecular weight is 264 g/mol. The lowest BCUT2D eigenvalue weighted by atomic mass is 9.88. The molecule has 0 aliphatic rings. The Kier molecular flexibility index (Phi) is 4.44. The molecule has 2 aromatic rings. The van der Waals surface area contributed by atoms with Crippen LogP contribution >= 0.6 is 0 Å². The van der Waals surface area contributed by atoms with Crippen molar-refractivity contribution in [2.45, 2.75) is 34.1 Å². The van der Waals surface area contributed by atoms with Gasteiger partial charge in [-0.15, -0.1) is 0 Å². The van der Waals surface area contributed by atoms with Gasteiger partial charge in [-0.05, 0) is 41.0 Å². The van der Waals surface area contributed by atoms with Crippen LogP contribution in [0.25, 0.3) is 11.6 Å². The summed E-state index contributed by atoms with van der Waals surface area (Å²) in [6.07, 6.45) is 3.37. The monoisotopic (exact) mass is 264 g/mol. The minimum Gasteiger partial charge on any atom is -0.0622 e. The molecule has 0 fully saturated rings. The Morgan fingerprint density at radius 3 is 2.05 bits per heavy atom. The van der Waals surface area contributed by atoms with Crippen LogP contribution in [-0.4, -0.2) is 0 Å². The minimum atomic E-state index is 0.345. The van der Waals surface area contributed by atoms with E-state index in [-0.39, 0.29) is 0 Å². The predicted octanol–water partition coefficient (Wildman–Crippen LogP) is 5.84. The first kappa shape index (κ1) is 14.6. The zero-order valence-corrected chi connectivity index (χ0v) is 13.0. The molecule has 0 heteroatoms. The van der Waals surface area contributed by atoms with Crippen molar-refractivity contribution in [3.05, 3.63) is 71.3 Å². The highest BCUT2D eigenvalue weighted by Crippen LogP contribution is 2.22. The van der Waals surface area contributed by atoms with Crippen LogP contribution in [0, 0.1) is 5.41 Å². The molecule has 0 aromatic heterocycles. The standard InChI is InChI=1S/C20H24/c1-16(19-8-6-5-7-9-19)14-17-10-12-18(13-11-17)15-20(2,3)4/h5-14H,15H2,1-4H3/b16-14-. The van der Waals surface area contributed by atoms with E-state index in [2.05, 4.69) is 88.4 Å². The molecule has 0 nitrogen and oxygen atoms in total. The Bertz CT molecular complexity index is 566. The van der Waals surface area contributed by atoms with Crippen LogP contribution in [0.4, 0.5) is 0 Å². The highest BCUT2D eigenvalue weighted by atomic mass is 14.2. The van der Waals surface area contributed by atoms with E-state index in [1.807, 2.05) is 0 Å². The van der Waals surface area contributed by atoms with Crippen molar-refractivity contribution in [1.29, 1.82) is 0 Å². The summed E-state index contributed by atoms with van der Waals surface area (Å²) in [7, 11) is 0. The lowest BCUT2D eigenvalue weighted by Crippen LogP contribution is -2.08. The van der Waals surface area contributed by atoms with Crippen molar-refractivity contribution in [3.8, 4) is 0 Å². The van der Waals surface area contributed by atoms with Crippen molar-refractivity contribution >= 4 is 11.6 Å². The van der Waals surface area contributed by atoms with Gasteiger partial charge in [-0.3, -0.25) is 0 Å². The van der Waals surface area contributed by atoms with Crippen LogP contribution in [0.2, 0.25) is 0 Å². The summed E-state index contributed by atoms with van der Waals surface area (Å²) in [5.74, 6) is 0. The highest BCUT2D eigenvalue weighted by molar-refractivity contribution is 5.80. The van der Waals surface area contributed by atoms with Gasteiger partial charge in [0.15, 0.2) is 0 Å². The van der Waals surface area contributed by atoms with Gasteiger partial charge in [0.25, 0.3) is 0 Å². The molecule has 0 bridgehead atoms. The second-order valence-corrected chi connectivity index (χ2v) is 6.67. The summed E-state index contributed by atoms with van der Waals surface area (Å²) in [6.45, 7) is 9.00. The first-order valence-electron chi connectivity index (χ1n) is 7.27. The lowest BCUT2D eigenvalue weighted by Gasteiger charge is -2.18. The molecule has 0 heterocycles. The Labute approximate surface area is 123 Å². The molecule has 0 saturated carbocycles. The van der Waals surface area contributed by atoms with Gasteiger partial charge in [0.1, 0.15) is 0 Å². The number of hydrogen-bond acceptors (Lipinski definition) is 0. The molecule has 2 rings (SSSR count). The summed E-state index contributed by atoms with van der Waals surface area (Å²) in [6, 6.07) is 19.4. The van der Waals surface area contributed by atoms with E-state index in [0.29, 0.717) is 5.41 Å². The zero-order chi connectivity index (χ0) is 14.6. The lowest BCUT2D eigenvalue weighted by molar-refractivity contribution is 0.411. The fourth-order valence-corrected chi connectivity index (χ4v) is 2.38. The third-order valence-electron chi connectivity index (χ3n) is 3.33. The van der Waals surface area contributed by atoms with Crippen molar-refractivity contribution in [2.24, 2.45) is 5.41 Å². The summed E-state index contributed by atoms with van der Waals surface area (Å²) < 4.78 is 0. The predicted molar refractivity (Wildman–Crippen MR) is 89.6 cm³/mol. The average Bonchev–Trinajstić information content (AvgIpc) is 2.40. The number of allylic oxidation sites excluding steroid dienone is 1. The van der Waals surface area contributed by atoms with Gasteiger partial charge < -0.3 is 0 Å². The summed E-state index contributed by atoms with van der Waals surface area (Å²) in [5.41, 5.74) is 5.61. The quantitative estimate of drug-likeness (QED) is 0.611. The van der Waals surface area contributed by atoms with Crippen LogP contribution in [0.5, 0.6) is 0 Å². The van der Waals surface area contributed by atoms with Gasteiger partial charge >= 0.3 is 0 Å². The smallest absolute Gasteiger partial charge is 0.0227 e. The summed E-state index contributed by atoms with van der Waals surface area (Å²) >= 11 is 0. The Morgan fingerprint density at radius 2 is 1.50 bits per heavy atom. The summed E-state index contributed by atoms with van der Waals surface area (Å²) in [4.78, 5) is 0. The molecule has 0 aliphatic heterocycles. The third-order valence-corrected chi connectivity index (χ3v) is 3.33. The van der Waals surface area contributed by atoms with E-state index >= 15 is 0 Å². The van der Waals surface area contributed by atoms with Gasteiger partial charge in [-0.25, -0.2) is 0 Å². The number of rotatable bonds is 3. The van der Waals surface area contributed by atoms with Gasteiger partial charge in [-0.2, -0.15) is 0 Å². The SMILES string of the molecule is C/C(=C/c1ccc(CC(C)(C)C)cc1)c1ccccc1. The maximum Gasteiger partial charge on any atom is -0.0227 e. The fraction of sp³-hybridized carbons (Fsp3) is 0.300. The molecule has 0 saturated heterocycles. The first-order valence-corrected chi connectivity index (χ1v) is 7.27. The third kappa shape index (κ3) is 4.38. The molecule has 0 aliphatic carbocycles. The number of hydrogen-bond donors (Lipinski definition) is 0. The Balaban J connectivity index is 2.15. The van der Waals surface area contributed by atoms with Crippen LogP contribution in [0.3, 0.4) is 0 Å². The molecule has 2 aromatic carbocycles. The minimum absolute atomic E-state index is 0.345. The molecule has 0 amide bonds. The normalized spacial score (nSPS) is 12.5. The van der Waals surface area contributed by atoms with Gasteiger partial charge in [0, 0.05) is 0 Å². The molecule has 0 unspecified atom stereocenters. The largest absolute Gasteiger partial charge is 0.0622 e.